The maximum atomic E-state index is 13.1. The predicted octanol–water partition coefficient (Wildman–Crippen LogP) is 5.52. The van der Waals surface area contributed by atoms with Gasteiger partial charge in [0.2, 0.25) is 0 Å². The quantitative estimate of drug-likeness (QED) is 0.484. The van der Waals surface area contributed by atoms with Gasteiger partial charge in [0.1, 0.15) is 5.75 Å². The van der Waals surface area contributed by atoms with Gasteiger partial charge in [-0.25, -0.2) is 8.42 Å². The summed E-state index contributed by atoms with van der Waals surface area (Å²) in [4.78, 5) is 15.8. The molecule has 6 nitrogen and oxygen atoms in total. The van der Waals surface area contributed by atoms with Crippen molar-refractivity contribution in [3.05, 3.63) is 51.5 Å². The van der Waals surface area contributed by atoms with Crippen LogP contribution in [0.2, 0.25) is 15.1 Å². The molecule has 2 aliphatic rings. The molecule has 0 saturated carbocycles. The largest absolute Gasteiger partial charge is 0.476 e. The van der Waals surface area contributed by atoms with Crippen molar-refractivity contribution >= 4 is 56.2 Å². The van der Waals surface area contributed by atoms with Gasteiger partial charge in [-0.2, -0.15) is 0 Å². The third-order valence-electron chi connectivity index (χ3n) is 6.52. The Balaban J connectivity index is 1.42. The monoisotopic (exact) mass is 544 g/mol. The summed E-state index contributed by atoms with van der Waals surface area (Å²) in [6, 6.07) is 10.6. The molecule has 3 atom stereocenters. The lowest BCUT2D eigenvalue weighted by atomic mass is 9.95. The minimum atomic E-state index is -3.23. The molecule has 2 fully saturated rings. The van der Waals surface area contributed by atoms with Crippen LogP contribution >= 0.6 is 34.8 Å². The maximum absolute atomic E-state index is 13.1. The topological polar surface area (TPSA) is 75.7 Å². The number of nitrogens with zero attached hydrogens (tertiary/aromatic N) is 1. The lowest BCUT2D eigenvalue weighted by molar-refractivity contribution is -0.135. The van der Waals surface area contributed by atoms with Gasteiger partial charge in [-0.15, -0.1) is 0 Å². The number of carbonyl (C=O) groups is 1. The van der Waals surface area contributed by atoms with E-state index >= 15 is 0 Å². The summed E-state index contributed by atoms with van der Waals surface area (Å²) in [6.45, 7) is 3.38. The van der Waals surface area contributed by atoms with E-state index in [9.17, 15) is 13.2 Å². The molecule has 10 heteroatoms. The van der Waals surface area contributed by atoms with E-state index < -0.39 is 15.4 Å². The number of ether oxygens (including phenoxy) is 1. The van der Waals surface area contributed by atoms with E-state index in [4.69, 9.17) is 39.5 Å². The first kappa shape index (κ1) is 25.4. The van der Waals surface area contributed by atoms with Crippen LogP contribution in [0.4, 0.5) is 5.69 Å². The number of amides is 1. The number of halogens is 3. The lowest BCUT2D eigenvalue weighted by Crippen LogP contribution is -2.55. The van der Waals surface area contributed by atoms with Gasteiger partial charge in [-0.1, -0.05) is 34.8 Å². The predicted molar refractivity (Wildman–Crippen MR) is 136 cm³/mol. The third-order valence-corrected chi connectivity index (χ3v) is 8.66. The molecule has 0 spiro atoms. The fourth-order valence-electron chi connectivity index (χ4n) is 4.84. The van der Waals surface area contributed by atoms with Crippen molar-refractivity contribution in [1.82, 2.24) is 5.32 Å². The Morgan fingerprint density at radius 1 is 1.00 bits per heavy atom. The minimum Gasteiger partial charge on any atom is -0.476 e. The summed E-state index contributed by atoms with van der Waals surface area (Å²) in [5, 5.41) is 4.05. The summed E-state index contributed by atoms with van der Waals surface area (Å²) >= 11 is 18.3. The Morgan fingerprint density at radius 2 is 1.56 bits per heavy atom. The zero-order valence-corrected chi connectivity index (χ0v) is 22.2. The molecule has 1 N–H and O–H groups in total. The second-order valence-corrected chi connectivity index (χ2v) is 12.7. The molecule has 0 aliphatic carbocycles. The van der Waals surface area contributed by atoms with Gasteiger partial charge in [-0.05, 0) is 69.9 Å². The fraction of sp³-hybridized carbons (Fsp3) is 0.458. The highest BCUT2D eigenvalue weighted by Crippen LogP contribution is 2.40. The molecule has 184 valence electrons. The molecule has 2 aromatic rings. The molecular weight excluding hydrogens is 519 g/mol. The molecular formula is C24H27Cl3N2O4S. The number of rotatable bonds is 6. The smallest absolute Gasteiger partial charge is 0.263 e. The second kappa shape index (κ2) is 9.41. The van der Waals surface area contributed by atoms with Crippen LogP contribution in [0.15, 0.2) is 41.3 Å². The number of hydrogen-bond donors (Lipinski definition) is 1. The summed E-state index contributed by atoms with van der Waals surface area (Å²) in [6.07, 6.45) is 4.88. The highest BCUT2D eigenvalue weighted by Gasteiger charge is 2.42. The molecule has 0 radical (unpaired) electrons. The molecule has 2 saturated heterocycles. The van der Waals surface area contributed by atoms with E-state index in [1.54, 1.807) is 26.0 Å². The van der Waals surface area contributed by atoms with Gasteiger partial charge in [0.05, 0.1) is 20.0 Å². The zero-order valence-electron chi connectivity index (χ0n) is 19.1. The molecule has 2 aliphatic heterocycles. The molecule has 0 aromatic heterocycles. The summed E-state index contributed by atoms with van der Waals surface area (Å²) < 4.78 is 29.5. The molecule has 4 rings (SSSR count). The van der Waals surface area contributed by atoms with Crippen molar-refractivity contribution in [2.75, 3.05) is 11.2 Å². The van der Waals surface area contributed by atoms with E-state index in [2.05, 4.69) is 10.2 Å². The van der Waals surface area contributed by atoms with E-state index in [-0.39, 0.29) is 29.1 Å². The Bertz CT molecular complexity index is 1190. The summed E-state index contributed by atoms with van der Waals surface area (Å²) in [5.41, 5.74) is -0.152. The van der Waals surface area contributed by atoms with Crippen LogP contribution in [0.5, 0.6) is 5.75 Å². The minimum absolute atomic E-state index is 0.0173. The van der Waals surface area contributed by atoms with Gasteiger partial charge < -0.3 is 15.0 Å². The number of sulfone groups is 1. The van der Waals surface area contributed by atoms with Crippen LogP contribution in [-0.4, -0.2) is 44.3 Å². The number of anilines is 1. The van der Waals surface area contributed by atoms with Crippen LogP contribution in [-0.2, 0) is 14.6 Å². The average Bonchev–Trinajstić information content (AvgIpc) is 3.01. The van der Waals surface area contributed by atoms with E-state index in [0.717, 1.165) is 31.4 Å². The first-order valence-corrected chi connectivity index (χ1v) is 14.1. The first-order valence-electron chi connectivity index (χ1n) is 11.1. The van der Waals surface area contributed by atoms with Crippen molar-refractivity contribution in [3.63, 3.8) is 0 Å². The van der Waals surface area contributed by atoms with E-state index in [0.29, 0.717) is 20.7 Å². The zero-order chi connectivity index (χ0) is 24.8. The summed E-state index contributed by atoms with van der Waals surface area (Å²) in [7, 11) is -3.23. The fourth-order valence-corrected chi connectivity index (χ4v) is 6.05. The Morgan fingerprint density at radius 3 is 2.12 bits per heavy atom. The Hall–Kier alpha value is -1.67. The van der Waals surface area contributed by atoms with Crippen molar-refractivity contribution in [2.24, 2.45) is 0 Å². The SMILES string of the molecule is CC(C)(Oc1cc(Cl)c(Cl)cc1Cl)C(=O)N[C@H]1C[C@H]2CC[C@@H](C1)N2c1ccc(S(C)(=O)=O)cc1. The van der Waals surface area contributed by atoms with E-state index in [1.165, 1.54) is 18.4 Å². The molecule has 2 heterocycles. The van der Waals surface area contributed by atoms with Gasteiger partial charge in [0, 0.05) is 36.1 Å². The number of carbonyl (C=O) groups excluding carboxylic acids is 1. The number of benzene rings is 2. The van der Waals surface area contributed by atoms with Crippen LogP contribution in [0.25, 0.3) is 0 Å². The average molecular weight is 546 g/mol. The van der Waals surface area contributed by atoms with Crippen LogP contribution in [0, 0.1) is 0 Å². The van der Waals surface area contributed by atoms with Gasteiger partial charge >= 0.3 is 0 Å². The number of piperidine rings is 1. The van der Waals surface area contributed by atoms with Gasteiger partial charge in [-0.3, -0.25) is 4.79 Å². The molecule has 1 amide bonds. The molecule has 34 heavy (non-hydrogen) atoms. The molecule has 0 unspecified atom stereocenters. The summed E-state index contributed by atoms with van der Waals surface area (Å²) in [5.74, 6) is 0.0636. The van der Waals surface area contributed by atoms with Gasteiger partial charge in [0.15, 0.2) is 15.4 Å². The second-order valence-electron chi connectivity index (χ2n) is 9.51. The normalized spacial score (nSPS) is 22.5. The Kier molecular flexibility index (Phi) is 7.04. The van der Waals surface area contributed by atoms with Crippen LogP contribution < -0.4 is 15.0 Å². The molecule has 2 bridgehead atoms. The number of fused-ring (bicyclic) bond motifs is 2. The first-order chi connectivity index (χ1) is 15.8. The third kappa shape index (κ3) is 5.27. The lowest BCUT2D eigenvalue weighted by Gasteiger charge is -2.41. The van der Waals surface area contributed by atoms with Gasteiger partial charge in [0.25, 0.3) is 5.91 Å². The highest BCUT2D eigenvalue weighted by atomic mass is 35.5. The van der Waals surface area contributed by atoms with E-state index in [1.807, 2.05) is 12.1 Å². The number of hydrogen-bond acceptors (Lipinski definition) is 5. The van der Waals surface area contributed by atoms with Crippen LogP contribution in [0.3, 0.4) is 0 Å². The van der Waals surface area contributed by atoms with Crippen molar-refractivity contribution < 1.29 is 17.9 Å². The van der Waals surface area contributed by atoms with Crippen molar-refractivity contribution in [1.29, 1.82) is 0 Å². The Labute approximate surface area is 215 Å². The highest BCUT2D eigenvalue weighted by molar-refractivity contribution is 7.90. The standard InChI is InChI=1S/C24H27Cl3N2O4S/c1-24(2,33-22-13-20(26)19(25)12-21(22)27)23(30)28-14-10-16-4-5-17(11-14)29(16)15-6-8-18(9-7-15)34(3,31)32/h6-9,12-14,16-17H,4-5,10-11H2,1-3H3,(H,28,30)/t14-,16+,17-. The maximum Gasteiger partial charge on any atom is 0.263 e. The molecule has 2 aromatic carbocycles. The van der Waals surface area contributed by atoms with Crippen molar-refractivity contribution in [3.8, 4) is 5.75 Å². The van der Waals surface area contributed by atoms with Crippen molar-refractivity contribution in [2.45, 2.75) is 68.2 Å². The van der Waals surface area contributed by atoms with Crippen LogP contribution in [0.1, 0.15) is 39.5 Å². The number of nitrogens with one attached hydrogen (secondary N) is 1.